The lowest BCUT2D eigenvalue weighted by Gasteiger charge is -2.09. The predicted molar refractivity (Wildman–Crippen MR) is 90.5 cm³/mol. The first kappa shape index (κ1) is 16.4. The fourth-order valence-corrected chi connectivity index (χ4v) is 2.21. The van der Waals surface area contributed by atoms with E-state index in [1.54, 1.807) is 48.5 Å². The molecule has 1 heterocycles. The first-order valence-corrected chi connectivity index (χ1v) is 7.59. The Morgan fingerprint density at radius 2 is 1.88 bits per heavy atom. The van der Waals surface area contributed by atoms with Gasteiger partial charge in [0.2, 0.25) is 0 Å². The molecule has 0 fully saturated rings. The monoisotopic (exact) mass is 338 g/mol. The highest BCUT2D eigenvalue weighted by Gasteiger charge is 2.15. The summed E-state index contributed by atoms with van der Waals surface area (Å²) in [5.41, 5.74) is 1.33. The highest BCUT2D eigenvalue weighted by Crippen LogP contribution is 2.19. The van der Waals surface area contributed by atoms with Crippen LogP contribution < -0.4 is 14.8 Å². The number of ether oxygens (including phenoxy) is 1. The van der Waals surface area contributed by atoms with Crippen LogP contribution in [0.3, 0.4) is 0 Å². The molecule has 0 bridgehead atoms. The quantitative estimate of drug-likeness (QED) is 0.573. The SMILES string of the molecule is O=C(Nc1cccc(OCc2ccc(F)cc2)c1)c1cccc[n+]1[O-]. The summed E-state index contributed by atoms with van der Waals surface area (Å²) in [5, 5.41) is 14.3. The van der Waals surface area contributed by atoms with E-state index in [9.17, 15) is 14.4 Å². The van der Waals surface area contributed by atoms with Gasteiger partial charge < -0.3 is 15.3 Å². The van der Waals surface area contributed by atoms with E-state index in [-0.39, 0.29) is 18.1 Å². The molecule has 0 saturated heterocycles. The van der Waals surface area contributed by atoms with Gasteiger partial charge in [-0.25, -0.2) is 4.39 Å². The number of amides is 1. The molecule has 1 aromatic heterocycles. The van der Waals surface area contributed by atoms with Crippen LogP contribution in [-0.4, -0.2) is 5.91 Å². The summed E-state index contributed by atoms with van der Waals surface area (Å²) in [6, 6.07) is 17.4. The van der Waals surface area contributed by atoms with Crippen LogP contribution in [0.4, 0.5) is 10.1 Å². The van der Waals surface area contributed by atoms with E-state index in [0.29, 0.717) is 16.2 Å². The van der Waals surface area contributed by atoms with Crippen molar-refractivity contribution in [3.8, 4) is 5.75 Å². The fraction of sp³-hybridized carbons (Fsp3) is 0.0526. The lowest BCUT2D eigenvalue weighted by Crippen LogP contribution is -2.36. The number of nitrogens with one attached hydrogen (secondary N) is 1. The molecule has 5 nitrogen and oxygen atoms in total. The van der Waals surface area contributed by atoms with Gasteiger partial charge in [0.25, 0.3) is 5.69 Å². The van der Waals surface area contributed by atoms with Crippen molar-refractivity contribution in [2.45, 2.75) is 6.61 Å². The van der Waals surface area contributed by atoms with Gasteiger partial charge in [0.05, 0.1) is 0 Å². The predicted octanol–water partition coefficient (Wildman–Crippen LogP) is 3.29. The summed E-state index contributed by atoms with van der Waals surface area (Å²) in [4.78, 5) is 12.1. The van der Waals surface area contributed by atoms with E-state index in [1.165, 1.54) is 24.4 Å². The average molecular weight is 338 g/mol. The second-order valence-corrected chi connectivity index (χ2v) is 5.31. The van der Waals surface area contributed by atoms with Gasteiger partial charge in [-0.1, -0.05) is 18.2 Å². The van der Waals surface area contributed by atoms with Gasteiger partial charge in [-0.15, -0.1) is 0 Å². The Morgan fingerprint density at radius 3 is 2.64 bits per heavy atom. The zero-order valence-corrected chi connectivity index (χ0v) is 13.2. The molecule has 0 aliphatic heterocycles. The Morgan fingerprint density at radius 1 is 1.08 bits per heavy atom. The zero-order chi connectivity index (χ0) is 17.6. The van der Waals surface area contributed by atoms with Crippen molar-refractivity contribution in [1.29, 1.82) is 0 Å². The molecule has 0 spiro atoms. The number of pyridine rings is 1. The molecule has 0 radical (unpaired) electrons. The molecule has 2 aromatic carbocycles. The lowest BCUT2D eigenvalue weighted by atomic mass is 10.2. The number of hydrogen-bond donors (Lipinski definition) is 1. The van der Waals surface area contributed by atoms with Gasteiger partial charge in [-0.3, -0.25) is 4.79 Å². The summed E-state index contributed by atoms with van der Waals surface area (Å²) in [7, 11) is 0. The number of hydrogen-bond acceptors (Lipinski definition) is 3. The van der Waals surface area contributed by atoms with Crippen molar-refractivity contribution < 1.29 is 18.7 Å². The number of carbonyl (C=O) groups is 1. The second kappa shape index (κ2) is 7.44. The maximum atomic E-state index is 12.9. The molecule has 0 aliphatic carbocycles. The number of anilines is 1. The molecule has 1 N–H and O–H groups in total. The van der Waals surface area contributed by atoms with Crippen molar-refractivity contribution in [1.82, 2.24) is 0 Å². The maximum Gasteiger partial charge on any atom is 0.321 e. The normalized spacial score (nSPS) is 10.3. The number of halogens is 1. The van der Waals surface area contributed by atoms with Gasteiger partial charge in [0.15, 0.2) is 6.20 Å². The Kier molecular flexibility index (Phi) is 4.89. The molecule has 6 heteroatoms. The van der Waals surface area contributed by atoms with Crippen LogP contribution in [0.2, 0.25) is 0 Å². The van der Waals surface area contributed by atoms with Crippen LogP contribution in [0, 0.1) is 11.0 Å². The number of aromatic nitrogens is 1. The van der Waals surface area contributed by atoms with Crippen LogP contribution in [-0.2, 0) is 6.61 Å². The third kappa shape index (κ3) is 4.32. The Balaban J connectivity index is 1.66. The standard InChI is InChI=1S/C19H15FN2O3/c20-15-9-7-14(8-10-15)13-25-17-5-3-4-16(12-17)21-19(23)18-6-1-2-11-22(18)24/h1-12H,13H2,(H,21,23). The van der Waals surface area contributed by atoms with Crippen molar-refractivity contribution in [3.63, 3.8) is 0 Å². The molecule has 25 heavy (non-hydrogen) atoms. The van der Waals surface area contributed by atoms with E-state index >= 15 is 0 Å². The molecule has 1 amide bonds. The summed E-state index contributed by atoms with van der Waals surface area (Å²) >= 11 is 0. The minimum Gasteiger partial charge on any atom is -0.618 e. The summed E-state index contributed by atoms with van der Waals surface area (Å²) < 4.78 is 19.0. The molecule has 0 aliphatic rings. The minimum atomic E-state index is -0.508. The first-order chi connectivity index (χ1) is 12.1. The number of benzene rings is 2. The van der Waals surface area contributed by atoms with Crippen molar-refractivity contribution in [2.24, 2.45) is 0 Å². The minimum absolute atomic E-state index is 0.000124. The van der Waals surface area contributed by atoms with Crippen LogP contribution >= 0.6 is 0 Å². The van der Waals surface area contributed by atoms with E-state index in [0.717, 1.165) is 5.56 Å². The summed E-state index contributed by atoms with van der Waals surface area (Å²) in [6.45, 7) is 0.275. The van der Waals surface area contributed by atoms with Crippen LogP contribution in [0.1, 0.15) is 16.1 Å². The zero-order valence-electron chi connectivity index (χ0n) is 13.2. The first-order valence-electron chi connectivity index (χ1n) is 7.59. The topological polar surface area (TPSA) is 65.3 Å². The summed E-state index contributed by atoms with van der Waals surface area (Å²) in [6.07, 6.45) is 1.26. The van der Waals surface area contributed by atoms with Crippen molar-refractivity contribution in [3.05, 3.63) is 95.2 Å². The highest BCUT2D eigenvalue weighted by molar-refractivity contribution is 6.01. The molecular formula is C19H15FN2O3. The summed E-state index contributed by atoms with van der Waals surface area (Å²) in [5.74, 6) is -0.263. The molecular weight excluding hydrogens is 323 g/mol. The molecule has 0 saturated carbocycles. The molecule has 3 rings (SSSR count). The van der Waals surface area contributed by atoms with Crippen molar-refractivity contribution >= 4 is 11.6 Å². The molecule has 126 valence electrons. The fourth-order valence-electron chi connectivity index (χ4n) is 2.21. The number of carbonyl (C=O) groups excluding carboxylic acids is 1. The average Bonchev–Trinajstić information content (AvgIpc) is 2.62. The van der Waals surface area contributed by atoms with Crippen LogP contribution in [0.5, 0.6) is 5.75 Å². The smallest absolute Gasteiger partial charge is 0.321 e. The molecule has 0 unspecified atom stereocenters. The highest BCUT2D eigenvalue weighted by atomic mass is 19.1. The van der Waals surface area contributed by atoms with Crippen LogP contribution in [0.25, 0.3) is 0 Å². The number of rotatable bonds is 5. The Labute approximate surface area is 143 Å². The second-order valence-electron chi connectivity index (χ2n) is 5.31. The maximum absolute atomic E-state index is 12.9. The Bertz CT molecular complexity index is 882. The third-order valence-electron chi connectivity index (χ3n) is 3.47. The van der Waals surface area contributed by atoms with Crippen molar-refractivity contribution in [2.75, 3.05) is 5.32 Å². The Hall–Kier alpha value is -3.41. The molecule has 3 aromatic rings. The van der Waals surface area contributed by atoms with Gasteiger partial charge in [-0.05, 0) is 35.9 Å². The largest absolute Gasteiger partial charge is 0.618 e. The van der Waals surface area contributed by atoms with Gasteiger partial charge in [-0.2, -0.15) is 4.73 Å². The van der Waals surface area contributed by atoms with Gasteiger partial charge in [0, 0.05) is 23.9 Å². The lowest BCUT2D eigenvalue weighted by molar-refractivity contribution is -0.607. The van der Waals surface area contributed by atoms with E-state index in [1.807, 2.05) is 0 Å². The van der Waals surface area contributed by atoms with Gasteiger partial charge >= 0.3 is 5.91 Å². The van der Waals surface area contributed by atoms with E-state index in [2.05, 4.69) is 5.32 Å². The van der Waals surface area contributed by atoms with E-state index < -0.39 is 5.91 Å². The molecule has 0 atom stereocenters. The van der Waals surface area contributed by atoms with Gasteiger partial charge in [0.1, 0.15) is 18.2 Å². The third-order valence-corrected chi connectivity index (χ3v) is 3.47. The van der Waals surface area contributed by atoms with Crippen LogP contribution in [0.15, 0.2) is 72.9 Å². The number of nitrogens with zero attached hydrogens (tertiary/aromatic N) is 1. The van der Waals surface area contributed by atoms with E-state index in [4.69, 9.17) is 4.74 Å².